The number of hydrogen-bond donors (Lipinski definition) is 0. The van der Waals surface area contributed by atoms with E-state index in [0.29, 0.717) is 10.5 Å². The summed E-state index contributed by atoms with van der Waals surface area (Å²) in [6.45, 7) is 0. The number of pyridine rings is 1. The van der Waals surface area contributed by atoms with Crippen molar-refractivity contribution in [3.63, 3.8) is 0 Å². The van der Waals surface area contributed by atoms with E-state index in [1.807, 2.05) is 18.2 Å². The molecule has 3 rings (SSSR count). The Kier molecular flexibility index (Phi) is 1.30. The van der Waals surface area contributed by atoms with Crippen LogP contribution >= 0.6 is 0 Å². The molecule has 0 aliphatic rings. The van der Waals surface area contributed by atoms with Crippen molar-refractivity contribution >= 4 is 29.2 Å². The van der Waals surface area contributed by atoms with Crippen LogP contribution < -0.4 is 5.43 Å². The molecule has 14 heavy (non-hydrogen) atoms. The summed E-state index contributed by atoms with van der Waals surface area (Å²) in [6, 6.07) is 7.32. The van der Waals surface area contributed by atoms with Gasteiger partial charge in [-0.15, -0.1) is 0 Å². The summed E-state index contributed by atoms with van der Waals surface area (Å²) >= 11 is 0. The summed E-state index contributed by atoms with van der Waals surface area (Å²) in [5, 5.41) is 2.70. The number of nitrogens with zero attached hydrogens (tertiary/aromatic N) is 1. The van der Waals surface area contributed by atoms with Crippen LogP contribution in [0, 0.1) is 5.11 Å². The van der Waals surface area contributed by atoms with Gasteiger partial charge in [-0.05, 0) is 0 Å². The van der Waals surface area contributed by atoms with Crippen LogP contribution in [0.2, 0.25) is 0 Å². The zero-order valence-corrected chi connectivity index (χ0v) is 7.32. The van der Waals surface area contributed by atoms with Crippen molar-refractivity contribution in [2.75, 3.05) is 0 Å². The topological polar surface area (TPSA) is 30.0 Å². The molecular formula is C11H5BNO. The van der Waals surface area contributed by atoms with E-state index in [1.165, 1.54) is 0 Å². The Labute approximate surface area is 80.6 Å². The Bertz CT molecular complexity index is 664. The molecule has 0 saturated heterocycles. The molecule has 0 amide bonds. The van der Waals surface area contributed by atoms with Crippen molar-refractivity contribution in [1.29, 1.82) is 0 Å². The summed E-state index contributed by atoms with van der Waals surface area (Å²) in [5.41, 5.74) is 0.743. The molecule has 63 valence electrons. The molecule has 0 fully saturated rings. The fourth-order valence-corrected chi connectivity index (χ4v) is 1.89. The third-order valence-electron chi connectivity index (χ3n) is 2.55. The van der Waals surface area contributed by atoms with Gasteiger partial charge >= 0.3 is 79.9 Å². The molecule has 0 spiro atoms. The van der Waals surface area contributed by atoms with E-state index in [1.54, 1.807) is 12.3 Å². The van der Waals surface area contributed by atoms with Crippen LogP contribution in [-0.2, 0) is 0 Å². The Balaban J connectivity index is 2.91. The Hall–Kier alpha value is -1.77. The molecule has 0 saturated carbocycles. The molecule has 1 radical (unpaired) electrons. The Morgan fingerprint density at radius 3 is 2.86 bits per heavy atom. The van der Waals surface area contributed by atoms with Gasteiger partial charge in [0.2, 0.25) is 0 Å². The van der Waals surface area contributed by atoms with Crippen LogP contribution in [-0.4, -0.2) is 12.5 Å². The second-order valence-electron chi connectivity index (χ2n) is 3.30. The predicted octanol–water partition coefficient (Wildman–Crippen LogP) is 1.32. The predicted molar refractivity (Wildman–Crippen MR) is 56.9 cm³/mol. The zero-order valence-electron chi connectivity index (χ0n) is 7.32. The van der Waals surface area contributed by atoms with Gasteiger partial charge in [0.25, 0.3) is 0 Å². The average Bonchev–Trinajstić information content (AvgIpc) is 2.47. The van der Waals surface area contributed by atoms with Crippen molar-refractivity contribution in [2.24, 2.45) is 0 Å². The van der Waals surface area contributed by atoms with E-state index in [9.17, 15) is 4.79 Å². The molecule has 2 nitrogen and oxygen atoms in total. The van der Waals surface area contributed by atoms with Crippen LogP contribution in [0.15, 0.2) is 35.3 Å². The molecule has 1 aromatic heterocycles. The van der Waals surface area contributed by atoms with Gasteiger partial charge in [-0.1, -0.05) is 0 Å². The summed E-state index contributed by atoms with van der Waals surface area (Å²) in [6.07, 6.45) is 1.64. The molecule has 1 heterocycles. The molecule has 0 bridgehead atoms. The van der Waals surface area contributed by atoms with Gasteiger partial charge in [-0.2, -0.15) is 0 Å². The van der Waals surface area contributed by atoms with Gasteiger partial charge < -0.3 is 0 Å². The molecule has 0 aliphatic carbocycles. The van der Waals surface area contributed by atoms with E-state index in [0.717, 1.165) is 16.3 Å². The second-order valence-corrected chi connectivity index (χ2v) is 3.30. The summed E-state index contributed by atoms with van der Waals surface area (Å²) in [4.78, 5) is 15.9. The minimum atomic E-state index is -0.0846. The second kappa shape index (κ2) is 2.38. The number of benzene rings is 1. The monoisotopic (exact) mass is 178 g/mol. The summed E-state index contributed by atoms with van der Waals surface area (Å²) in [7, 11) is 5.72. The van der Waals surface area contributed by atoms with Gasteiger partial charge in [0.1, 0.15) is 0 Å². The average molecular weight is 178 g/mol. The van der Waals surface area contributed by atoms with Gasteiger partial charge in [0.15, 0.2) is 0 Å². The van der Waals surface area contributed by atoms with Crippen molar-refractivity contribution in [3.05, 3.63) is 45.8 Å². The molecule has 0 atom stereocenters. The molecule has 0 unspecified atom stereocenters. The summed E-state index contributed by atoms with van der Waals surface area (Å²) < 4.78 is 0. The first-order valence-corrected chi connectivity index (χ1v) is 4.34. The Morgan fingerprint density at radius 1 is 1.14 bits per heavy atom. The van der Waals surface area contributed by atoms with Gasteiger partial charge in [-0.25, -0.2) is 0 Å². The molecule has 3 heteroatoms. The van der Waals surface area contributed by atoms with Crippen LogP contribution in [0.1, 0.15) is 0 Å². The molecule has 2 aromatic carbocycles. The molecular weight excluding hydrogens is 173 g/mol. The molecule has 3 aromatic rings. The fraction of sp³-hybridized carbons (Fsp3) is 0. The zero-order chi connectivity index (χ0) is 9.71. The van der Waals surface area contributed by atoms with Crippen LogP contribution in [0.3, 0.4) is 0 Å². The SMILES string of the molecule is [B]=c1c(=O)c2ccnc3cccc1c32. The van der Waals surface area contributed by atoms with E-state index >= 15 is 0 Å². The third kappa shape index (κ3) is 0.745. The van der Waals surface area contributed by atoms with Crippen LogP contribution in [0.4, 0.5) is 0 Å². The maximum absolute atomic E-state index is 11.7. The number of aromatic nitrogens is 1. The molecule has 0 N–H and O–H groups in total. The van der Waals surface area contributed by atoms with Gasteiger partial charge in [-0.3, -0.25) is 0 Å². The summed E-state index contributed by atoms with van der Waals surface area (Å²) in [5.74, 6) is 0. The maximum atomic E-state index is 11.7. The first-order valence-electron chi connectivity index (χ1n) is 4.34. The van der Waals surface area contributed by atoms with Gasteiger partial charge in [0.05, 0.1) is 0 Å². The Morgan fingerprint density at radius 2 is 2.00 bits per heavy atom. The van der Waals surface area contributed by atoms with Crippen molar-refractivity contribution in [2.45, 2.75) is 0 Å². The van der Waals surface area contributed by atoms with Gasteiger partial charge in [0, 0.05) is 0 Å². The first-order chi connectivity index (χ1) is 6.79. The van der Waals surface area contributed by atoms with Crippen molar-refractivity contribution in [3.8, 4) is 0 Å². The van der Waals surface area contributed by atoms with E-state index < -0.39 is 0 Å². The third-order valence-corrected chi connectivity index (χ3v) is 2.55. The number of hydrogen-bond acceptors (Lipinski definition) is 2. The van der Waals surface area contributed by atoms with Crippen LogP contribution in [0.25, 0.3) is 21.7 Å². The van der Waals surface area contributed by atoms with E-state index in [4.69, 9.17) is 7.49 Å². The minimum absolute atomic E-state index is 0.0846. The first kappa shape index (κ1) is 7.62. The quantitative estimate of drug-likeness (QED) is 0.486. The van der Waals surface area contributed by atoms with E-state index in [-0.39, 0.29) is 5.43 Å². The normalized spacial score (nSPS) is 11.4. The number of rotatable bonds is 0. The molecule has 0 aliphatic heterocycles. The standard InChI is InChI=1S/C11H5BNO/c12-10-6-2-1-3-8-9(6)7(11(10)14)4-5-13-8/h1-5H. The fourth-order valence-electron chi connectivity index (χ4n) is 1.89. The van der Waals surface area contributed by atoms with Crippen molar-refractivity contribution < 1.29 is 0 Å². The van der Waals surface area contributed by atoms with E-state index in [2.05, 4.69) is 4.98 Å². The van der Waals surface area contributed by atoms with Crippen molar-refractivity contribution in [1.82, 2.24) is 4.98 Å². The van der Waals surface area contributed by atoms with Crippen LogP contribution in [0.5, 0.6) is 0 Å².